The van der Waals surface area contributed by atoms with Crippen molar-refractivity contribution in [1.82, 2.24) is 0 Å². The third-order valence-electron chi connectivity index (χ3n) is 2.84. The van der Waals surface area contributed by atoms with E-state index >= 15 is 0 Å². The minimum atomic E-state index is -4.93. The Hall–Kier alpha value is -0.440. The molecule has 1 saturated carbocycles. The molecule has 1 aliphatic rings. The van der Waals surface area contributed by atoms with E-state index in [1.807, 2.05) is 0 Å². The van der Waals surface area contributed by atoms with E-state index in [1.54, 1.807) is 0 Å². The second-order valence-corrected chi connectivity index (χ2v) is 5.65. The van der Waals surface area contributed by atoms with Crippen LogP contribution in [0.5, 0.6) is 0 Å². The van der Waals surface area contributed by atoms with Crippen molar-refractivity contribution >= 4 is 47.1 Å². The molecule has 1 N–H and O–H groups in total. The van der Waals surface area contributed by atoms with Crippen LogP contribution in [0.1, 0.15) is 27.2 Å². The average Bonchev–Trinajstić information content (AvgIpc) is 2.19. The molecule has 0 aromatic heterocycles. The maximum atomic E-state index is 12.8. The minimum Gasteiger partial charge on any atom is -0.481 e. The van der Waals surface area contributed by atoms with Crippen LogP contribution < -0.4 is 0 Å². The van der Waals surface area contributed by atoms with Crippen LogP contribution in [0.4, 0.5) is 13.2 Å². The van der Waals surface area contributed by atoms with Crippen LogP contribution in [-0.4, -0.2) is 70.1 Å². The van der Waals surface area contributed by atoms with Crippen molar-refractivity contribution in [2.75, 3.05) is 0 Å². The predicted octanol–water partition coefficient (Wildman–Crippen LogP) is 1.21. The Morgan fingerprint density at radius 2 is 1.71 bits per heavy atom. The molecule has 0 aromatic rings. The van der Waals surface area contributed by atoms with Crippen LogP contribution in [0, 0.1) is 11.8 Å². The molecule has 1 fully saturated rings. The molecule has 1 radical (unpaired) electrons. The van der Waals surface area contributed by atoms with E-state index in [0.29, 0.717) is 0 Å². The molecular weight excluding hydrogens is 304 g/mol. The molecule has 3 atom stereocenters. The van der Waals surface area contributed by atoms with Crippen molar-refractivity contribution in [2.24, 2.45) is 11.8 Å². The van der Waals surface area contributed by atoms with Gasteiger partial charge in [0.15, 0.2) is 17.7 Å². The van der Waals surface area contributed by atoms with Gasteiger partial charge in [0.25, 0.3) is 0 Å². The summed E-state index contributed by atoms with van der Waals surface area (Å²) in [4.78, 5) is 34.5. The standard InChI is InChI=1S/C12H15F3O5.Na/c1-11(2,3)20-9-6(16)4-5(12(13,14)15)7(8(9)17)10(18)19;/h5,7,9H,4H2,1-3H3,(H,18,19);. The van der Waals surface area contributed by atoms with Gasteiger partial charge in [0.2, 0.25) is 0 Å². The molecule has 0 aromatic carbocycles. The zero-order valence-electron chi connectivity index (χ0n) is 12.2. The Morgan fingerprint density at radius 1 is 1.24 bits per heavy atom. The number of ketones is 2. The summed E-state index contributed by atoms with van der Waals surface area (Å²) in [5, 5.41) is 8.86. The van der Waals surface area contributed by atoms with Crippen molar-refractivity contribution in [3.05, 3.63) is 0 Å². The van der Waals surface area contributed by atoms with E-state index in [2.05, 4.69) is 0 Å². The third-order valence-corrected chi connectivity index (χ3v) is 2.84. The molecule has 3 unspecified atom stereocenters. The van der Waals surface area contributed by atoms with Gasteiger partial charge in [-0.25, -0.2) is 0 Å². The number of alkyl halides is 3. The summed E-state index contributed by atoms with van der Waals surface area (Å²) >= 11 is 0. The predicted molar refractivity (Wildman–Crippen MR) is 65.7 cm³/mol. The minimum absolute atomic E-state index is 0. The molecule has 0 heterocycles. The fourth-order valence-corrected chi connectivity index (χ4v) is 2.04. The van der Waals surface area contributed by atoms with Gasteiger partial charge < -0.3 is 9.84 Å². The number of carboxylic acids is 1. The summed E-state index contributed by atoms with van der Waals surface area (Å²) in [6.45, 7) is 4.54. The number of rotatable bonds is 2. The number of Topliss-reactive ketones (excluding diaryl/α,β-unsaturated/α-hetero) is 2. The first-order valence-corrected chi connectivity index (χ1v) is 5.88. The molecule has 0 saturated heterocycles. The smallest absolute Gasteiger partial charge is 0.393 e. The monoisotopic (exact) mass is 319 g/mol. The van der Waals surface area contributed by atoms with E-state index in [-0.39, 0.29) is 29.6 Å². The zero-order chi connectivity index (χ0) is 15.9. The second-order valence-electron chi connectivity index (χ2n) is 5.65. The van der Waals surface area contributed by atoms with Crippen molar-refractivity contribution < 1.29 is 37.4 Å². The van der Waals surface area contributed by atoms with Gasteiger partial charge in [-0.2, -0.15) is 13.2 Å². The van der Waals surface area contributed by atoms with Gasteiger partial charge in [0.1, 0.15) is 5.92 Å². The Morgan fingerprint density at radius 3 is 2.05 bits per heavy atom. The number of ether oxygens (including phenoxy) is 1. The van der Waals surface area contributed by atoms with Crippen LogP contribution in [0.2, 0.25) is 0 Å². The van der Waals surface area contributed by atoms with Crippen LogP contribution in [0.3, 0.4) is 0 Å². The van der Waals surface area contributed by atoms with Gasteiger partial charge in [-0.05, 0) is 20.8 Å². The van der Waals surface area contributed by atoms with Gasteiger partial charge in [0, 0.05) is 36.0 Å². The number of hydrogen-bond donors (Lipinski definition) is 1. The van der Waals surface area contributed by atoms with Crippen molar-refractivity contribution in [1.29, 1.82) is 0 Å². The maximum Gasteiger partial charge on any atom is 0.393 e. The molecule has 0 bridgehead atoms. The molecule has 115 valence electrons. The second kappa shape index (κ2) is 6.76. The summed E-state index contributed by atoms with van der Waals surface area (Å²) in [5.74, 6) is -9.08. The first-order chi connectivity index (χ1) is 8.84. The topological polar surface area (TPSA) is 80.7 Å². The Bertz CT molecular complexity index is 441. The van der Waals surface area contributed by atoms with Crippen molar-refractivity contribution in [3.8, 4) is 0 Å². The fraction of sp³-hybridized carbons (Fsp3) is 0.750. The summed E-state index contributed by atoms with van der Waals surface area (Å²) in [7, 11) is 0. The number of carboxylic acid groups (broad SMARTS) is 1. The molecule has 9 heteroatoms. The van der Waals surface area contributed by atoms with Crippen LogP contribution in [0.15, 0.2) is 0 Å². The van der Waals surface area contributed by atoms with Crippen LogP contribution in [-0.2, 0) is 19.1 Å². The Labute approximate surface area is 141 Å². The summed E-state index contributed by atoms with van der Waals surface area (Å²) < 4.78 is 43.4. The van der Waals surface area contributed by atoms with Gasteiger partial charge in [-0.15, -0.1) is 0 Å². The summed E-state index contributed by atoms with van der Waals surface area (Å²) in [5.41, 5.74) is -0.954. The van der Waals surface area contributed by atoms with E-state index in [4.69, 9.17) is 9.84 Å². The zero-order valence-corrected chi connectivity index (χ0v) is 14.2. The Balaban J connectivity index is 0.00000400. The SMILES string of the molecule is CC(C)(C)OC1C(=O)CC(C(F)(F)F)C(C(=O)O)C1=O.[Na]. The first kappa shape index (κ1) is 20.6. The van der Waals surface area contributed by atoms with E-state index in [9.17, 15) is 27.6 Å². The van der Waals surface area contributed by atoms with E-state index < -0.39 is 53.7 Å². The third kappa shape index (κ3) is 5.05. The molecular formula is C12H15F3NaO5. The van der Waals surface area contributed by atoms with Gasteiger partial charge in [-0.3, -0.25) is 14.4 Å². The van der Waals surface area contributed by atoms with Crippen molar-refractivity contribution in [2.45, 2.75) is 45.1 Å². The summed E-state index contributed by atoms with van der Waals surface area (Å²) in [6, 6.07) is 0. The average molecular weight is 319 g/mol. The van der Waals surface area contributed by atoms with Gasteiger partial charge >= 0.3 is 12.1 Å². The Kier molecular flexibility index (Phi) is 6.62. The van der Waals surface area contributed by atoms with Crippen molar-refractivity contribution in [3.63, 3.8) is 0 Å². The number of aliphatic carboxylic acids is 1. The molecule has 21 heavy (non-hydrogen) atoms. The molecule has 1 rings (SSSR count). The van der Waals surface area contributed by atoms with Gasteiger partial charge in [0.05, 0.1) is 11.5 Å². The van der Waals surface area contributed by atoms with Crippen LogP contribution in [0.25, 0.3) is 0 Å². The van der Waals surface area contributed by atoms with Gasteiger partial charge in [-0.1, -0.05) is 0 Å². The number of halogens is 3. The quantitative estimate of drug-likeness (QED) is 0.611. The number of carbonyl (C=O) groups excluding carboxylic acids is 2. The molecule has 0 spiro atoms. The number of hydrogen-bond acceptors (Lipinski definition) is 4. The van der Waals surface area contributed by atoms with E-state index in [0.717, 1.165) is 0 Å². The molecule has 0 aliphatic heterocycles. The fourth-order valence-electron chi connectivity index (χ4n) is 2.04. The molecule has 1 aliphatic carbocycles. The number of carbonyl (C=O) groups is 3. The molecule has 0 amide bonds. The van der Waals surface area contributed by atoms with E-state index in [1.165, 1.54) is 20.8 Å². The maximum absolute atomic E-state index is 12.8. The normalized spacial score (nSPS) is 27.2. The summed E-state index contributed by atoms with van der Waals surface area (Å²) in [6.07, 6.45) is -7.75. The molecule has 5 nitrogen and oxygen atoms in total. The van der Waals surface area contributed by atoms with Crippen LogP contribution >= 0.6 is 0 Å². The largest absolute Gasteiger partial charge is 0.481 e. The first-order valence-electron chi connectivity index (χ1n) is 5.88.